The molecular formula is C17H17F3N4O3. The van der Waals surface area contributed by atoms with Crippen LogP contribution in [0.15, 0.2) is 29.1 Å². The second kappa shape index (κ2) is 7.78. The van der Waals surface area contributed by atoms with Crippen molar-refractivity contribution in [3.8, 4) is 5.69 Å². The van der Waals surface area contributed by atoms with Gasteiger partial charge in [-0.1, -0.05) is 0 Å². The highest BCUT2D eigenvalue weighted by molar-refractivity contribution is 5.76. The van der Waals surface area contributed by atoms with E-state index in [9.17, 15) is 22.8 Å². The Kier molecular flexibility index (Phi) is 5.45. The van der Waals surface area contributed by atoms with E-state index in [0.29, 0.717) is 32.1 Å². The zero-order chi connectivity index (χ0) is 19.6. The molecule has 7 nitrogen and oxygen atoms in total. The fourth-order valence-corrected chi connectivity index (χ4v) is 2.86. The number of nitrogens with zero attached hydrogens (tertiary/aromatic N) is 3. The molecule has 10 heteroatoms. The molecule has 0 bridgehead atoms. The normalized spacial score (nSPS) is 14.6. The van der Waals surface area contributed by atoms with Crippen molar-refractivity contribution in [2.45, 2.75) is 12.8 Å². The molecule has 0 aliphatic carbocycles. The molecule has 0 saturated carbocycles. The van der Waals surface area contributed by atoms with Gasteiger partial charge in [-0.25, -0.2) is 18.2 Å². The summed E-state index contributed by atoms with van der Waals surface area (Å²) in [4.78, 5) is 30.3. The summed E-state index contributed by atoms with van der Waals surface area (Å²) in [6.45, 7) is 1.95. The summed E-state index contributed by atoms with van der Waals surface area (Å²) in [7, 11) is 0. The first-order valence-electron chi connectivity index (χ1n) is 8.18. The molecule has 27 heavy (non-hydrogen) atoms. The Hall–Kier alpha value is -2.88. The van der Waals surface area contributed by atoms with Crippen molar-refractivity contribution in [3.05, 3.63) is 51.8 Å². The monoisotopic (exact) mass is 382 g/mol. The molecule has 2 aromatic rings. The average Bonchev–Trinajstić information content (AvgIpc) is 2.62. The number of hydrogen-bond donors (Lipinski definition) is 1. The highest BCUT2D eigenvalue weighted by atomic mass is 19.3. The molecule has 0 atom stereocenters. The van der Waals surface area contributed by atoms with E-state index in [0.717, 1.165) is 16.7 Å². The Bertz CT molecular complexity index is 911. The Morgan fingerprint density at radius 3 is 2.59 bits per heavy atom. The molecule has 1 fully saturated rings. The Morgan fingerprint density at radius 1 is 1.26 bits per heavy atom. The molecule has 0 radical (unpaired) electrons. The average molecular weight is 382 g/mol. The first-order valence-corrected chi connectivity index (χ1v) is 8.18. The summed E-state index contributed by atoms with van der Waals surface area (Å²) in [6.07, 6.45) is -3.43. The maximum Gasteiger partial charge on any atom is 0.266 e. The van der Waals surface area contributed by atoms with Crippen molar-refractivity contribution in [2.24, 2.45) is 5.73 Å². The van der Waals surface area contributed by atoms with E-state index in [1.807, 2.05) is 4.90 Å². The number of nitrogens with two attached hydrogens (primary N) is 1. The molecule has 0 unspecified atom stereocenters. The first kappa shape index (κ1) is 18.9. The van der Waals surface area contributed by atoms with E-state index in [2.05, 4.69) is 4.98 Å². The molecule has 1 aliphatic rings. The number of rotatable bonds is 5. The molecule has 1 amide bonds. The molecule has 2 heterocycles. The van der Waals surface area contributed by atoms with Gasteiger partial charge in [-0.2, -0.15) is 0 Å². The standard InChI is InChI=1S/C17H17F3N4O3/c18-12-2-1-10(7-11(12)17(19)20)24-15(8-13(21)25)22-14(9-16(24)26)23-3-5-27-6-4-23/h1-2,7,9,17H,3-6,8H2,(H2,21,25). The van der Waals surface area contributed by atoms with Gasteiger partial charge in [0.05, 0.1) is 30.9 Å². The first-order chi connectivity index (χ1) is 12.9. The molecule has 1 saturated heterocycles. The summed E-state index contributed by atoms with van der Waals surface area (Å²) < 4.78 is 45.8. The number of anilines is 1. The molecule has 3 rings (SSSR count). The predicted molar refractivity (Wildman–Crippen MR) is 90.7 cm³/mol. The van der Waals surface area contributed by atoms with Crippen LogP contribution in [0.1, 0.15) is 17.8 Å². The largest absolute Gasteiger partial charge is 0.378 e. The number of alkyl halides is 2. The van der Waals surface area contributed by atoms with Crippen LogP contribution in [0.5, 0.6) is 0 Å². The van der Waals surface area contributed by atoms with Gasteiger partial charge in [0, 0.05) is 19.2 Å². The van der Waals surface area contributed by atoms with E-state index in [-0.39, 0.29) is 17.9 Å². The summed E-state index contributed by atoms with van der Waals surface area (Å²) in [6, 6.07) is 4.11. The van der Waals surface area contributed by atoms with Crippen molar-refractivity contribution < 1.29 is 22.7 Å². The lowest BCUT2D eigenvalue weighted by Gasteiger charge is -2.28. The SMILES string of the molecule is NC(=O)Cc1nc(N2CCOCC2)cc(=O)n1-c1ccc(F)c(C(F)F)c1. The van der Waals surface area contributed by atoms with Gasteiger partial charge in [-0.15, -0.1) is 0 Å². The second-order valence-electron chi connectivity index (χ2n) is 5.95. The molecule has 1 aromatic carbocycles. The predicted octanol–water partition coefficient (Wildman–Crippen LogP) is 1.17. The van der Waals surface area contributed by atoms with Crippen LogP contribution in [-0.4, -0.2) is 41.8 Å². The summed E-state index contributed by atoms with van der Waals surface area (Å²) in [5, 5.41) is 0. The highest BCUT2D eigenvalue weighted by Gasteiger charge is 2.20. The zero-order valence-corrected chi connectivity index (χ0v) is 14.2. The lowest BCUT2D eigenvalue weighted by Crippen LogP contribution is -2.38. The number of aromatic nitrogens is 2. The molecule has 1 aliphatic heterocycles. The number of ether oxygens (including phenoxy) is 1. The number of carbonyl (C=O) groups excluding carboxylic acids is 1. The van der Waals surface area contributed by atoms with E-state index in [1.54, 1.807) is 0 Å². The maximum atomic E-state index is 13.6. The topological polar surface area (TPSA) is 90.5 Å². The number of hydrogen-bond acceptors (Lipinski definition) is 5. The summed E-state index contributed by atoms with van der Waals surface area (Å²) in [5.41, 5.74) is 3.79. The van der Waals surface area contributed by atoms with Crippen LogP contribution < -0.4 is 16.2 Å². The van der Waals surface area contributed by atoms with Crippen molar-refractivity contribution in [1.82, 2.24) is 9.55 Å². The van der Waals surface area contributed by atoms with Gasteiger partial charge < -0.3 is 15.4 Å². The van der Waals surface area contributed by atoms with Crippen LogP contribution in [0.2, 0.25) is 0 Å². The zero-order valence-electron chi connectivity index (χ0n) is 14.2. The minimum Gasteiger partial charge on any atom is -0.378 e. The summed E-state index contributed by atoms with van der Waals surface area (Å²) >= 11 is 0. The Labute approximate surface area is 152 Å². The van der Waals surface area contributed by atoms with E-state index in [4.69, 9.17) is 10.5 Å². The quantitative estimate of drug-likeness (QED) is 0.839. The minimum absolute atomic E-state index is 0.0108. The van der Waals surface area contributed by atoms with Crippen molar-refractivity contribution in [2.75, 3.05) is 31.2 Å². The third kappa shape index (κ3) is 4.11. The Balaban J connectivity index is 2.12. The van der Waals surface area contributed by atoms with E-state index >= 15 is 0 Å². The third-order valence-electron chi connectivity index (χ3n) is 4.11. The Morgan fingerprint density at radius 2 is 1.96 bits per heavy atom. The molecule has 0 spiro atoms. The van der Waals surface area contributed by atoms with Gasteiger partial charge >= 0.3 is 0 Å². The summed E-state index contributed by atoms with van der Waals surface area (Å²) in [5.74, 6) is -1.50. The van der Waals surface area contributed by atoms with Crippen LogP contribution in [0, 0.1) is 5.82 Å². The van der Waals surface area contributed by atoms with Crippen LogP contribution in [0.4, 0.5) is 19.0 Å². The number of morpholine rings is 1. The molecule has 1 aromatic heterocycles. The van der Waals surface area contributed by atoms with Crippen LogP contribution in [0.3, 0.4) is 0 Å². The van der Waals surface area contributed by atoms with Crippen LogP contribution >= 0.6 is 0 Å². The molecule has 2 N–H and O–H groups in total. The van der Waals surface area contributed by atoms with Crippen molar-refractivity contribution in [1.29, 1.82) is 0 Å². The smallest absolute Gasteiger partial charge is 0.266 e. The van der Waals surface area contributed by atoms with Crippen LogP contribution in [0.25, 0.3) is 5.69 Å². The van der Waals surface area contributed by atoms with Gasteiger partial charge in [0.25, 0.3) is 12.0 Å². The maximum absolute atomic E-state index is 13.6. The minimum atomic E-state index is -3.05. The van der Waals surface area contributed by atoms with Gasteiger partial charge in [0.2, 0.25) is 5.91 Å². The van der Waals surface area contributed by atoms with Gasteiger partial charge in [-0.3, -0.25) is 14.2 Å². The second-order valence-corrected chi connectivity index (χ2v) is 5.95. The number of amides is 1. The molecule has 144 valence electrons. The number of primary amides is 1. The number of carbonyl (C=O) groups is 1. The highest BCUT2D eigenvalue weighted by Crippen LogP contribution is 2.25. The lowest BCUT2D eigenvalue weighted by molar-refractivity contribution is -0.117. The van der Waals surface area contributed by atoms with Gasteiger partial charge in [0.15, 0.2) is 0 Å². The van der Waals surface area contributed by atoms with Crippen LogP contribution in [-0.2, 0) is 16.0 Å². The molecular weight excluding hydrogens is 365 g/mol. The van der Waals surface area contributed by atoms with Gasteiger partial charge in [-0.05, 0) is 18.2 Å². The third-order valence-corrected chi connectivity index (χ3v) is 4.11. The van der Waals surface area contributed by atoms with E-state index < -0.39 is 29.3 Å². The number of benzene rings is 1. The van der Waals surface area contributed by atoms with E-state index in [1.165, 1.54) is 12.1 Å². The fraction of sp³-hybridized carbons (Fsp3) is 0.353. The fourth-order valence-electron chi connectivity index (χ4n) is 2.86. The lowest BCUT2D eigenvalue weighted by atomic mass is 10.2. The van der Waals surface area contributed by atoms with Crippen molar-refractivity contribution >= 4 is 11.7 Å². The number of halogens is 3. The van der Waals surface area contributed by atoms with Crippen molar-refractivity contribution in [3.63, 3.8) is 0 Å². The van der Waals surface area contributed by atoms with Gasteiger partial charge in [0.1, 0.15) is 17.5 Å².